The summed E-state index contributed by atoms with van der Waals surface area (Å²) in [6.45, 7) is 6.47. The molecule has 1 aliphatic carbocycles. The van der Waals surface area contributed by atoms with Crippen LogP contribution in [0.3, 0.4) is 0 Å². The number of H-pyrrole nitrogens is 2. The molecule has 3 aromatic carbocycles. The first-order chi connectivity index (χ1) is 26.6. The molecule has 4 amide bonds. The molecule has 1 saturated carbocycles. The lowest BCUT2D eigenvalue weighted by molar-refractivity contribution is -0.135. The van der Waals surface area contributed by atoms with Crippen molar-refractivity contribution >= 4 is 45.8 Å². The fourth-order valence-corrected chi connectivity index (χ4v) is 8.20. The van der Waals surface area contributed by atoms with Gasteiger partial charge in [0.1, 0.15) is 24.2 Å². The van der Waals surface area contributed by atoms with Crippen molar-refractivity contribution in [1.29, 1.82) is 0 Å². The Hall–Kier alpha value is -5.92. The lowest BCUT2D eigenvalue weighted by Gasteiger charge is -2.34. The predicted molar refractivity (Wildman–Crippen MR) is 208 cm³/mol. The number of ether oxygens (including phenoxy) is 2. The number of carbonyl (C=O) groups excluding carboxylic acids is 4. The number of fused-ring (bicyclic) bond motifs is 5. The number of aromatic amines is 2. The number of hydrogen-bond acceptors (Lipinski definition) is 8. The highest BCUT2D eigenvalue weighted by molar-refractivity contribution is 6.05. The number of benzene rings is 3. The second-order valence-electron chi connectivity index (χ2n) is 14.8. The standard InChI is InChI=1S/C41H48N8O6/c1-6-17-48(39(51)35(23(2)3)47-41(53)55-5)22-33-42-20-32(44-33)25-9-7-24(8-10-25)26-12-15-30-27(18-26)13-16-31-36(30)46-38(45-31)37-28-11-14-29(19-28)49(37)34(50)21-43-40(52)54-4/h7-10,12-13,15-16,18,20,23,28-29,35,37H,6,11,14,17,19,21-22H2,1-5H3,(H,42,44)(H,43,52)(H,45,46)(H,47,53)/t28-,29+,35?,37-/m0/s1. The van der Waals surface area contributed by atoms with Crippen LogP contribution in [0.2, 0.25) is 0 Å². The van der Waals surface area contributed by atoms with Crippen LogP contribution >= 0.6 is 0 Å². The van der Waals surface area contributed by atoms with E-state index in [1.54, 1.807) is 11.1 Å². The Balaban J connectivity index is 1.07. The number of alkyl carbamates (subject to hydrolysis) is 2. The van der Waals surface area contributed by atoms with Gasteiger partial charge in [0, 0.05) is 18.0 Å². The molecule has 2 aliphatic rings. The van der Waals surface area contributed by atoms with E-state index in [4.69, 9.17) is 9.72 Å². The maximum Gasteiger partial charge on any atom is 0.407 e. The third-order valence-corrected chi connectivity index (χ3v) is 10.9. The van der Waals surface area contributed by atoms with Gasteiger partial charge in [-0.25, -0.2) is 19.6 Å². The molecule has 5 aromatic rings. The van der Waals surface area contributed by atoms with Gasteiger partial charge >= 0.3 is 12.2 Å². The van der Waals surface area contributed by atoms with Gasteiger partial charge in [0.05, 0.1) is 49.7 Å². The monoisotopic (exact) mass is 748 g/mol. The summed E-state index contributed by atoms with van der Waals surface area (Å²) in [6, 6.07) is 18.0. The van der Waals surface area contributed by atoms with E-state index in [-0.39, 0.29) is 42.9 Å². The van der Waals surface area contributed by atoms with E-state index in [9.17, 15) is 19.2 Å². The van der Waals surface area contributed by atoms with Crippen molar-refractivity contribution in [3.63, 3.8) is 0 Å². The van der Waals surface area contributed by atoms with Crippen molar-refractivity contribution in [2.24, 2.45) is 11.8 Å². The Morgan fingerprint density at radius 3 is 2.42 bits per heavy atom. The van der Waals surface area contributed by atoms with Gasteiger partial charge in [-0.3, -0.25) is 9.59 Å². The molecule has 288 valence electrons. The van der Waals surface area contributed by atoms with Crippen molar-refractivity contribution in [3.05, 3.63) is 72.4 Å². The highest BCUT2D eigenvalue weighted by atomic mass is 16.5. The number of hydrogen-bond donors (Lipinski definition) is 4. The van der Waals surface area contributed by atoms with Gasteiger partial charge < -0.3 is 39.9 Å². The number of aromatic nitrogens is 4. The largest absolute Gasteiger partial charge is 0.453 e. The second kappa shape index (κ2) is 15.8. The molecular formula is C41H48N8O6. The highest BCUT2D eigenvalue weighted by Crippen LogP contribution is 2.50. The smallest absolute Gasteiger partial charge is 0.407 e. The van der Waals surface area contributed by atoms with Crippen LogP contribution in [0.25, 0.3) is 44.2 Å². The number of imidazole rings is 2. The molecular weight excluding hydrogens is 701 g/mol. The molecule has 14 nitrogen and oxygen atoms in total. The topological polar surface area (TPSA) is 175 Å². The minimum absolute atomic E-state index is 0.111. The summed E-state index contributed by atoms with van der Waals surface area (Å²) in [5.74, 6) is 1.32. The van der Waals surface area contributed by atoms with Gasteiger partial charge in [0.15, 0.2) is 0 Å². The molecule has 1 unspecified atom stereocenters. The zero-order valence-corrected chi connectivity index (χ0v) is 31.8. The fraction of sp³-hybridized carbons (Fsp3) is 0.415. The van der Waals surface area contributed by atoms with E-state index >= 15 is 0 Å². The summed E-state index contributed by atoms with van der Waals surface area (Å²) in [6.07, 6.45) is 4.21. The van der Waals surface area contributed by atoms with Crippen LogP contribution < -0.4 is 10.6 Å². The number of nitrogens with zero attached hydrogens (tertiary/aromatic N) is 4. The molecule has 1 saturated heterocycles. The van der Waals surface area contributed by atoms with E-state index in [1.165, 1.54) is 14.2 Å². The Kier molecular flexibility index (Phi) is 10.8. The first kappa shape index (κ1) is 37.4. The Morgan fingerprint density at radius 2 is 1.69 bits per heavy atom. The third-order valence-electron chi connectivity index (χ3n) is 10.9. The van der Waals surface area contributed by atoms with Crippen LogP contribution in [0.1, 0.15) is 64.1 Å². The third kappa shape index (κ3) is 7.58. The molecule has 4 N–H and O–H groups in total. The maximum atomic E-state index is 13.5. The molecule has 2 aromatic heterocycles. The van der Waals surface area contributed by atoms with Gasteiger partial charge in [-0.05, 0) is 71.7 Å². The lowest BCUT2D eigenvalue weighted by Crippen LogP contribution is -2.51. The number of carbonyl (C=O) groups is 4. The van der Waals surface area contributed by atoms with Crippen LogP contribution in [0.5, 0.6) is 0 Å². The van der Waals surface area contributed by atoms with Crippen molar-refractivity contribution in [2.75, 3.05) is 27.3 Å². The number of rotatable bonds is 12. The van der Waals surface area contributed by atoms with Crippen molar-refractivity contribution < 1.29 is 28.7 Å². The van der Waals surface area contributed by atoms with E-state index in [0.717, 1.165) is 75.7 Å². The van der Waals surface area contributed by atoms with Crippen LogP contribution in [-0.4, -0.2) is 93.1 Å². The summed E-state index contributed by atoms with van der Waals surface area (Å²) in [5, 5.41) is 7.32. The number of amides is 4. The average Bonchev–Trinajstić information content (AvgIpc) is 4.02. The Labute approximate surface area is 319 Å². The molecule has 7 rings (SSSR count). The molecule has 2 bridgehead atoms. The van der Waals surface area contributed by atoms with Crippen LogP contribution in [-0.2, 0) is 25.6 Å². The first-order valence-corrected chi connectivity index (χ1v) is 18.9. The minimum Gasteiger partial charge on any atom is -0.453 e. The van der Waals surface area contributed by atoms with Gasteiger partial charge in [0.25, 0.3) is 0 Å². The van der Waals surface area contributed by atoms with Gasteiger partial charge in [-0.15, -0.1) is 0 Å². The van der Waals surface area contributed by atoms with Gasteiger partial charge in [-0.2, -0.15) is 0 Å². The molecule has 14 heteroatoms. The number of likely N-dealkylation sites (tertiary alicyclic amines) is 1. The molecule has 55 heavy (non-hydrogen) atoms. The minimum atomic E-state index is -0.710. The highest BCUT2D eigenvalue weighted by Gasteiger charge is 2.49. The zero-order chi connectivity index (χ0) is 38.8. The average molecular weight is 749 g/mol. The number of nitrogens with one attached hydrogen (secondary N) is 4. The van der Waals surface area contributed by atoms with Crippen molar-refractivity contribution in [1.82, 2.24) is 40.4 Å². The van der Waals surface area contributed by atoms with E-state index in [2.05, 4.69) is 66.7 Å². The molecule has 4 atom stereocenters. The summed E-state index contributed by atoms with van der Waals surface area (Å²) in [4.78, 5) is 70.5. The van der Waals surface area contributed by atoms with E-state index < -0.39 is 18.2 Å². The fourth-order valence-electron chi connectivity index (χ4n) is 8.20. The summed E-state index contributed by atoms with van der Waals surface area (Å²) < 4.78 is 9.40. The molecule has 0 spiro atoms. The molecule has 2 fully saturated rings. The summed E-state index contributed by atoms with van der Waals surface area (Å²) >= 11 is 0. The quantitative estimate of drug-likeness (QED) is 0.115. The van der Waals surface area contributed by atoms with Crippen molar-refractivity contribution in [2.45, 2.75) is 71.1 Å². The second-order valence-corrected chi connectivity index (χ2v) is 14.8. The molecule has 3 heterocycles. The SMILES string of the molecule is CCCN(Cc1ncc(-c2ccc(-c3ccc4c(ccc5nc([C@@H]6[C@H]7CC[C@H](C7)N6C(=O)CNC(=O)OC)[nH]c54)c3)cc2)[nH]1)C(=O)C(NC(=O)OC)C(C)C. The predicted octanol–water partition coefficient (Wildman–Crippen LogP) is 6.30. The van der Waals surface area contributed by atoms with Crippen LogP contribution in [0.15, 0.2) is 60.8 Å². The Morgan fingerprint density at radius 1 is 0.945 bits per heavy atom. The first-order valence-electron chi connectivity index (χ1n) is 18.9. The number of piperidine rings is 1. The van der Waals surface area contributed by atoms with E-state index in [0.29, 0.717) is 18.3 Å². The van der Waals surface area contributed by atoms with Crippen LogP contribution in [0, 0.1) is 11.8 Å². The molecule has 0 radical (unpaired) electrons. The van der Waals surface area contributed by atoms with Gasteiger partial charge in [-0.1, -0.05) is 63.2 Å². The number of methoxy groups -OCH3 is 2. The normalized spacial score (nSPS) is 18.1. The van der Waals surface area contributed by atoms with Crippen molar-refractivity contribution in [3.8, 4) is 22.4 Å². The molecule has 1 aliphatic heterocycles. The Bertz CT molecular complexity index is 2210. The van der Waals surface area contributed by atoms with Gasteiger partial charge in [0.2, 0.25) is 11.8 Å². The van der Waals surface area contributed by atoms with Crippen LogP contribution in [0.4, 0.5) is 9.59 Å². The zero-order valence-electron chi connectivity index (χ0n) is 31.8. The van der Waals surface area contributed by atoms with E-state index in [1.807, 2.05) is 43.9 Å². The summed E-state index contributed by atoms with van der Waals surface area (Å²) in [5.41, 5.74) is 5.72. The summed E-state index contributed by atoms with van der Waals surface area (Å²) in [7, 11) is 2.56. The maximum absolute atomic E-state index is 13.5. The lowest BCUT2D eigenvalue weighted by atomic mass is 9.98.